The van der Waals surface area contributed by atoms with Crippen LogP contribution >= 0.6 is 11.6 Å². The molecule has 0 radical (unpaired) electrons. The van der Waals surface area contributed by atoms with E-state index in [9.17, 15) is 18.0 Å². The number of hydrogen-bond acceptors (Lipinski definition) is 4. The second-order valence-corrected chi connectivity index (χ2v) is 8.77. The fourth-order valence-corrected chi connectivity index (χ4v) is 3.81. The molecule has 0 saturated carbocycles. The molecule has 0 spiro atoms. The lowest BCUT2D eigenvalue weighted by molar-refractivity contribution is -0.116. The Balaban J connectivity index is 2.14. The first-order valence-electron chi connectivity index (χ1n) is 8.12. The molecule has 27 heavy (non-hydrogen) atoms. The van der Waals surface area contributed by atoms with Crippen molar-refractivity contribution in [2.24, 2.45) is 0 Å². The molecule has 0 bridgehead atoms. The van der Waals surface area contributed by atoms with Crippen LogP contribution in [-0.2, 0) is 14.6 Å². The Morgan fingerprint density at radius 3 is 2.44 bits per heavy atom. The third-order valence-electron chi connectivity index (χ3n) is 4.18. The largest absolute Gasteiger partial charge is 0.332 e. The molecule has 2 aromatic rings. The molecule has 8 heteroatoms. The van der Waals surface area contributed by atoms with Crippen molar-refractivity contribution in [2.45, 2.75) is 18.7 Å². The summed E-state index contributed by atoms with van der Waals surface area (Å²) in [7, 11) is -2.10. The lowest BCUT2D eigenvalue weighted by atomic mass is 10.1. The molecular weight excluding hydrogens is 388 g/mol. The van der Waals surface area contributed by atoms with Crippen LogP contribution in [0.4, 0.5) is 5.69 Å². The SMILES string of the molecule is Cc1cccc(NC(=O)CN(C)C(=O)c2ccc(Cl)c(S(C)(=O)=O)c2)c1C. The van der Waals surface area contributed by atoms with E-state index in [0.29, 0.717) is 5.69 Å². The maximum atomic E-state index is 12.6. The highest BCUT2D eigenvalue weighted by atomic mass is 35.5. The number of carbonyl (C=O) groups is 2. The van der Waals surface area contributed by atoms with Crippen molar-refractivity contribution in [3.8, 4) is 0 Å². The summed E-state index contributed by atoms with van der Waals surface area (Å²) in [4.78, 5) is 25.9. The van der Waals surface area contributed by atoms with Crippen LogP contribution in [0.25, 0.3) is 0 Å². The molecule has 0 saturated heterocycles. The summed E-state index contributed by atoms with van der Waals surface area (Å²) < 4.78 is 23.5. The maximum Gasteiger partial charge on any atom is 0.254 e. The molecule has 0 unspecified atom stereocenters. The van der Waals surface area contributed by atoms with Crippen molar-refractivity contribution in [1.29, 1.82) is 0 Å². The molecule has 0 aliphatic carbocycles. The monoisotopic (exact) mass is 408 g/mol. The molecule has 1 N–H and O–H groups in total. The second-order valence-electron chi connectivity index (χ2n) is 6.37. The predicted octanol–water partition coefficient (Wildman–Crippen LogP) is 3.07. The second kappa shape index (κ2) is 8.10. The van der Waals surface area contributed by atoms with Crippen molar-refractivity contribution in [3.05, 3.63) is 58.1 Å². The van der Waals surface area contributed by atoms with Gasteiger partial charge in [0.05, 0.1) is 16.5 Å². The van der Waals surface area contributed by atoms with Gasteiger partial charge in [0.25, 0.3) is 5.91 Å². The zero-order valence-corrected chi connectivity index (χ0v) is 17.1. The highest BCUT2D eigenvalue weighted by molar-refractivity contribution is 7.90. The third-order valence-corrected chi connectivity index (χ3v) is 5.76. The Morgan fingerprint density at radius 2 is 1.81 bits per heavy atom. The summed E-state index contributed by atoms with van der Waals surface area (Å²) in [5.41, 5.74) is 2.83. The first-order valence-corrected chi connectivity index (χ1v) is 10.4. The fourth-order valence-electron chi connectivity index (χ4n) is 2.50. The fraction of sp³-hybridized carbons (Fsp3) is 0.263. The van der Waals surface area contributed by atoms with E-state index in [4.69, 9.17) is 11.6 Å². The van der Waals surface area contributed by atoms with E-state index >= 15 is 0 Å². The van der Waals surface area contributed by atoms with Gasteiger partial charge >= 0.3 is 0 Å². The number of rotatable bonds is 5. The van der Waals surface area contributed by atoms with Crippen LogP contribution < -0.4 is 5.32 Å². The first kappa shape index (κ1) is 20.9. The van der Waals surface area contributed by atoms with Crippen LogP contribution in [-0.4, -0.2) is 45.0 Å². The molecule has 144 valence electrons. The molecular formula is C19H21ClN2O4S. The Labute approximate surface area is 164 Å². The van der Waals surface area contributed by atoms with Gasteiger partial charge in [-0.2, -0.15) is 0 Å². The number of hydrogen-bond donors (Lipinski definition) is 1. The molecule has 0 heterocycles. The number of benzene rings is 2. The predicted molar refractivity (Wildman–Crippen MR) is 106 cm³/mol. The molecule has 0 atom stereocenters. The van der Waals surface area contributed by atoms with E-state index in [1.54, 1.807) is 6.07 Å². The summed E-state index contributed by atoms with van der Waals surface area (Å²) >= 11 is 5.90. The number of likely N-dealkylation sites (N-methyl/N-ethyl adjacent to an activating group) is 1. The number of amides is 2. The molecule has 0 aromatic heterocycles. The maximum absolute atomic E-state index is 12.6. The molecule has 0 fully saturated rings. The Hall–Kier alpha value is -2.38. The topological polar surface area (TPSA) is 83.6 Å². The number of sulfone groups is 1. The van der Waals surface area contributed by atoms with Gasteiger partial charge in [-0.05, 0) is 49.2 Å². The Kier molecular flexibility index (Phi) is 6.28. The number of nitrogens with one attached hydrogen (secondary N) is 1. The van der Waals surface area contributed by atoms with E-state index in [1.165, 1.54) is 30.1 Å². The van der Waals surface area contributed by atoms with Crippen LogP contribution in [0.3, 0.4) is 0 Å². The van der Waals surface area contributed by atoms with E-state index in [1.807, 2.05) is 26.0 Å². The summed E-state index contributed by atoms with van der Waals surface area (Å²) in [6.07, 6.45) is 1.02. The van der Waals surface area contributed by atoms with Gasteiger partial charge in [0.2, 0.25) is 5.91 Å². The van der Waals surface area contributed by atoms with Crippen LogP contribution in [0.5, 0.6) is 0 Å². The van der Waals surface area contributed by atoms with Crippen molar-refractivity contribution in [1.82, 2.24) is 4.90 Å². The summed E-state index contributed by atoms with van der Waals surface area (Å²) in [6.45, 7) is 3.67. The smallest absolute Gasteiger partial charge is 0.254 e. The number of carbonyl (C=O) groups excluding carboxylic acids is 2. The van der Waals surface area contributed by atoms with Crippen LogP contribution in [0.1, 0.15) is 21.5 Å². The zero-order valence-electron chi connectivity index (χ0n) is 15.5. The first-order chi connectivity index (χ1) is 12.5. The Bertz CT molecular complexity index is 1000. The van der Waals surface area contributed by atoms with Gasteiger partial charge in [-0.25, -0.2) is 8.42 Å². The average molecular weight is 409 g/mol. The summed E-state index contributed by atoms with van der Waals surface area (Å²) in [5.74, 6) is -0.829. The summed E-state index contributed by atoms with van der Waals surface area (Å²) in [6, 6.07) is 9.58. The lowest BCUT2D eigenvalue weighted by Crippen LogP contribution is -2.35. The minimum atomic E-state index is -3.57. The van der Waals surface area contributed by atoms with Gasteiger partial charge in [0.15, 0.2) is 9.84 Å². The zero-order chi connectivity index (χ0) is 20.4. The van der Waals surface area contributed by atoms with Crippen molar-refractivity contribution in [3.63, 3.8) is 0 Å². The summed E-state index contributed by atoms with van der Waals surface area (Å²) in [5, 5.41) is 2.83. The minimum absolute atomic E-state index is 0.0457. The quantitative estimate of drug-likeness (QED) is 0.824. The van der Waals surface area contributed by atoms with Gasteiger partial charge in [-0.1, -0.05) is 23.7 Å². The minimum Gasteiger partial charge on any atom is -0.332 e. The average Bonchev–Trinajstić information content (AvgIpc) is 2.57. The molecule has 2 aromatic carbocycles. The van der Waals surface area contributed by atoms with Gasteiger partial charge in [0, 0.05) is 24.6 Å². The van der Waals surface area contributed by atoms with E-state index < -0.39 is 15.7 Å². The van der Waals surface area contributed by atoms with Gasteiger partial charge < -0.3 is 10.2 Å². The third kappa shape index (κ3) is 5.08. The highest BCUT2D eigenvalue weighted by Crippen LogP contribution is 2.23. The molecule has 6 nitrogen and oxygen atoms in total. The van der Waals surface area contributed by atoms with Gasteiger partial charge in [-0.3, -0.25) is 9.59 Å². The number of anilines is 1. The van der Waals surface area contributed by atoms with E-state index in [0.717, 1.165) is 17.4 Å². The molecule has 0 aliphatic rings. The number of nitrogens with zero attached hydrogens (tertiary/aromatic N) is 1. The lowest BCUT2D eigenvalue weighted by Gasteiger charge is -2.18. The molecule has 2 rings (SSSR count). The van der Waals surface area contributed by atoms with E-state index in [-0.39, 0.29) is 27.9 Å². The van der Waals surface area contributed by atoms with Crippen molar-refractivity contribution in [2.75, 3.05) is 25.2 Å². The number of aryl methyl sites for hydroxylation is 1. The van der Waals surface area contributed by atoms with Crippen molar-refractivity contribution >= 4 is 38.9 Å². The molecule has 0 aliphatic heterocycles. The van der Waals surface area contributed by atoms with Crippen LogP contribution in [0.15, 0.2) is 41.3 Å². The van der Waals surface area contributed by atoms with Crippen LogP contribution in [0, 0.1) is 13.8 Å². The Morgan fingerprint density at radius 1 is 1.15 bits per heavy atom. The van der Waals surface area contributed by atoms with Crippen LogP contribution in [0.2, 0.25) is 5.02 Å². The van der Waals surface area contributed by atoms with Crippen molar-refractivity contribution < 1.29 is 18.0 Å². The number of halogens is 1. The van der Waals surface area contributed by atoms with E-state index in [2.05, 4.69) is 5.32 Å². The molecule has 2 amide bonds. The standard InChI is InChI=1S/C19H21ClN2O4S/c1-12-6-5-7-16(13(12)2)21-18(23)11-22(3)19(24)14-8-9-15(20)17(10-14)27(4,25)26/h5-10H,11H2,1-4H3,(H,21,23). The van der Waals surface area contributed by atoms with Gasteiger partial charge in [-0.15, -0.1) is 0 Å². The normalized spacial score (nSPS) is 11.1. The highest BCUT2D eigenvalue weighted by Gasteiger charge is 2.19. The van der Waals surface area contributed by atoms with Gasteiger partial charge in [0.1, 0.15) is 0 Å².